The zero-order valence-corrected chi connectivity index (χ0v) is 9.28. The summed E-state index contributed by atoms with van der Waals surface area (Å²) in [5.41, 5.74) is 1.14. The molecule has 5 heteroatoms. The van der Waals surface area contributed by atoms with Gasteiger partial charge in [-0.3, -0.25) is 15.0 Å². The van der Waals surface area contributed by atoms with E-state index in [1.54, 1.807) is 37.4 Å². The van der Waals surface area contributed by atoms with Crippen LogP contribution in [0.4, 0.5) is 4.79 Å². The smallest absolute Gasteiger partial charge is 0.292 e. The van der Waals surface area contributed by atoms with E-state index in [4.69, 9.17) is 11.6 Å². The summed E-state index contributed by atoms with van der Waals surface area (Å²) in [5.74, 6) is -0.387. The fourth-order valence-electron chi connectivity index (χ4n) is 1.39. The second kappa shape index (κ2) is 3.98. The van der Waals surface area contributed by atoms with Crippen molar-refractivity contribution in [3.63, 3.8) is 0 Å². The molecule has 4 nitrogen and oxygen atoms in total. The molecule has 1 aromatic carbocycles. The molecule has 1 aromatic rings. The van der Waals surface area contributed by atoms with E-state index in [0.717, 1.165) is 5.56 Å². The van der Waals surface area contributed by atoms with Gasteiger partial charge in [-0.2, -0.15) is 0 Å². The van der Waals surface area contributed by atoms with Crippen LogP contribution in [0.5, 0.6) is 0 Å². The number of carbonyl (C=O) groups excluding carboxylic acids is 2. The van der Waals surface area contributed by atoms with E-state index in [-0.39, 0.29) is 5.91 Å². The van der Waals surface area contributed by atoms with Crippen LogP contribution in [0.25, 0.3) is 6.08 Å². The van der Waals surface area contributed by atoms with Crippen molar-refractivity contribution in [2.24, 2.45) is 0 Å². The molecule has 0 saturated carbocycles. The molecule has 0 aromatic heterocycles. The van der Waals surface area contributed by atoms with Gasteiger partial charge in [-0.15, -0.1) is 0 Å². The molecule has 0 radical (unpaired) electrons. The van der Waals surface area contributed by atoms with Crippen LogP contribution < -0.4 is 5.32 Å². The molecule has 0 spiro atoms. The van der Waals surface area contributed by atoms with Gasteiger partial charge in [-0.05, 0) is 23.8 Å². The number of hydrogen-bond donors (Lipinski definition) is 1. The van der Waals surface area contributed by atoms with Crippen LogP contribution in [0.15, 0.2) is 30.0 Å². The molecule has 2 rings (SSSR count). The minimum absolute atomic E-state index is 0.326. The van der Waals surface area contributed by atoms with Crippen molar-refractivity contribution < 1.29 is 9.59 Å². The molecule has 1 fully saturated rings. The van der Waals surface area contributed by atoms with Crippen LogP contribution in [-0.4, -0.2) is 23.9 Å². The van der Waals surface area contributed by atoms with Gasteiger partial charge in [-0.1, -0.05) is 23.7 Å². The minimum Gasteiger partial charge on any atom is -0.292 e. The third-order valence-corrected chi connectivity index (χ3v) is 2.54. The summed E-state index contributed by atoms with van der Waals surface area (Å²) in [7, 11) is 1.54. The highest BCUT2D eigenvalue weighted by molar-refractivity contribution is 6.30. The summed E-state index contributed by atoms with van der Waals surface area (Å²) in [6, 6.07) is 6.59. The topological polar surface area (TPSA) is 49.4 Å². The van der Waals surface area contributed by atoms with E-state index in [2.05, 4.69) is 5.32 Å². The lowest BCUT2D eigenvalue weighted by Crippen LogP contribution is -2.24. The number of urea groups is 1. The van der Waals surface area contributed by atoms with Gasteiger partial charge < -0.3 is 0 Å². The quantitative estimate of drug-likeness (QED) is 0.598. The number of halogens is 1. The van der Waals surface area contributed by atoms with Gasteiger partial charge in [0, 0.05) is 12.1 Å². The van der Waals surface area contributed by atoms with Gasteiger partial charge in [-0.25, -0.2) is 4.79 Å². The fourth-order valence-corrected chi connectivity index (χ4v) is 1.51. The Morgan fingerprint density at radius 3 is 2.38 bits per heavy atom. The first kappa shape index (κ1) is 10.7. The van der Waals surface area contributed by atoms with E-state index in [1.165, 1.54) is 4.90 Å². The Kier molecular flexibility index (Phi) is 2.66. The molecular weight excluding hydrogens is 228 g/mol. The largest absolute Gasteiger partial charge is 0.328 e. The normalized spacial score (nSPS) is 18.1. The van der Waals surface area contributed by atoms with Crippen LogP contribution in [0.1, 0.15) is 5.56 Å². The Labute approximate surface area is 97.5 Å². The van der Waals surface area contributed by atoms with E-state index in [0.29, 0.717) is 10.7 Å². The van der Waals surface area contributed by atoms with E-state index in [9.17, 15) is 9.59 Å². The average Bonchev–Trinajstić information content (AvgIpc) is 2.48. The van der Waals surface area contributed by atoms with E-state index < -0.39 is 6.03 Å². The van der Waals surface area contributed by atoms with Gasteiger partial charge in [0.25, 0.3) is 5.91 Å². The van der Waals surface area contributed by atoms with Crippen molar-refractivity contribution in [3.05, 3.63) is 40.5 Å². The summed E-state index contributed by atoms with van der Waals surface area (Å²) in [5, 5.41) is 2.83. The first-order chi connectivity index (χ1) is 7.58. The lowest BCUT2D eigenvalue weighted by Gasteiger charge is -2.06. The number of likely N-dealkylation sites (N-methyl/N-ethyl adjacent to an activating group) is 1. The first-order valence-corrected chi connectivity index (χ1v) is 5.02. The Morgan fingerprint density at radius 2 is 1.88 bits per heavy atom. The first-order valence-electron chi connectivity index (χ1n) is 4.64. The van der Waals surface area contributed by atoms with Crippen LogP contribution >= 0.6 is 11.6 Å². The van der Waals surface area contributed by atoms with Crippen molar-refractivity contribution >= 4 is 29.6 Å². The van der Waals surface area contributed by atoms with Gasteiger partial charge >= 0.3 is 6.03 Å². The highest BCUT2D eigenvalue weighted by atomic mass is 35.5. The maximum atomic E-state index is 11.4. The number of carbonyl (C=O) groups is 2. The molecule has 0 bridgehead atoms. The van der Waals surface area contributed by atoms with Gasteiger partial charge in [0.1, 0.15) is 5.70 Å². The molecule has 16 heavy (non-hydrogen) atoms. The molecule has 0 aliphatic carbocycles. The molecule has 0 atom stereocenters. The Morgan fingerprint density at radius 1 is 1.25 bits per heavy atom. The summed E-state index contributed by atoms with van der Waals surface area (Å²) in [6.45, 7) is 0. The average molecular weight is 237 g/mol. The number of rotatable bonds is 1. The predicted octanol–water partition coefficient (Wildman–Crippen LogP) is 1.86. The SMILES string of the molecule is CN1C(=O)NC(=O)/C1=C/c1ccc(Cl)cc1. The molecule has 1 heterocycles. The summed E-state index contributed by atoms with van der Waals surface area (Å²) >= 11 is 5.74. The third-order valence-electron chi connectivity index (χ3n) is 2.29. The van der Waals surface area contributed by atoms with Crippen molar-refractivity contribution in [1.29, 1.82) is 0 Å². The van der Waals surface area contributed by atoms with Crippen LogP contribution in [0.3, 0.4) is 0 Å². The van der Waals surface area contributed by atoms with Crippen molar-refractivity contribution in [2.75, 3.05) is 7.05 Å². The van der Waals surface area contributed by atoms with Crippen LogP contribution in [0.2, 0.25) is 5.02 Å². The second-order valence-electron chi connectivity index (χ2n) is 3.40. The summed E-state index contributed by atoms with van der Waals surface area (Å²) in [6.07, 6.45) is 1.64. The Hall–Kier alpha value is -1.81. The molecule has 3 amide bonds. The number of nitrogens with zero attached hydrogens (tertiary/aromatic N) is 1. The van der Waals surface area contributed by atoms with Crippen LogP contribution in [-0.2, 0) is 4.79 Å². The minimum atomic E-state index is -0.412. The summed E-state index contributed by atoms with van der Waals surface area (Å²) < 4.78 is 0. The monoisotopic (exact) mass is 236 g/mol. The van der Waals surface area contributed by atoms with E-state index >= 15 is 0 Å². The number of imide groups is 1. The lowest BCUT2D eigenvalue weighted by molar-refractivity contribution is -0.115. The Bertz CT molecular complexity index is 479. The predicted molar refractivity (Wildman–Crippen MR) is 60.7 cm³/mol. The van der Waals surface area contributed by atoms with Crippen molar-refractivity contribution in [1.82, 2.24) is 10.2 Å². The summed E-state index contributed by atoms with van der Waals surface area (Å²) in [4.78, 5) is 23.8. The molecule has 0 unspecified atom stereocenters. The molecule has 82 valence electrons. The fraction of sp³-hybridized carbons (Fsp3) is 0.0909. The molecule has 1 N–H and O–H groups in total. The molecule has 1 aliphatic rings. The van der Waals surface area contributed by atoms with Gasteiger partial charge in [0.15, 0.2) is 0 Å². The number of amides is 3. The zero-order valence-electron chi connectivity index (χ0n) is 8.53. The third kappa shape index (κ3) is 1.92. The van der Waals surface area contributed by atoms with Crippen molar-refractivity contribution in [3.8, 4) is 0 Å². The maximum Gasteiger partial charge on any atom is 0.328 e. The number of benzene rings is 1. The van der Waals surface area contributed by atoms with Gasteiger partial charge in [0.05, 0.1) is 0 Å². The number of nitrogens with one attached hydrogen (secondary N) is 1. The highest BCUT2D eigenvalue weighted by Crippen LogP contribution is 2.16. The molecule has 1 aliphatic heterocycles. The lowest BCUT2D eigenvalue weighted by atomic mass is 10.2. The van der Waals surface area contributed by atoms with Crippen molar-refractivity contribution in [2.45, 2.75) is 0 Å². The van der Waals surface area contributed by atoms with Crippen LogP contribution in [0, 0.1) is 0 Å². The Balaban J connectivity index is 2.34. The standard InChI is InChI=1S/C11H9ClN2O2/c1-14-9(10(15)13-11(14)16)6-7-2-4-8(12)5-3-7/h2-6H,1H3,(H,13,15,16)/b9-6-. The highest BCUT2D eigenvalue weighted by Gasteiger charge is 2.29. The molecular formula is C11H9ClN2O2. The number of hydrogen-bond acceptors (Lipinski definition) is 2. The maximum absolute atomic E-state index is 11.4. The van der Waals surface area contributed by atoms with E-state index in [1.807, 2.05) is 0 Å². The van der Waals surface area contributed by atoms with Gasteiger partial charge in [0.2, 0.25) is 0 Å². The zero-order chi connectivity index (χ0) is 11.7. The second-order valence-corrected chi connectivity index (χ2v) is 3.84. The molecule has 1 saturated heterocycles.